The first-order chi connectivity index (χ1) is 8.74. The van der Waals surface area contributed by atoms with E-state index < -0.39 is 0 Å². The van der Waals surface area contributed by atoms with Crippen LogP contribution in [0, 0.1) is 6.92 Å². The molecule has 0 atom stereocenters. The lowest BCUT2D eigenvalue weighted by atomic mass is 10.1. The summed E-state index contributed by atoms with van der Waals surface area (Å²) in [6.45, 7) is 4.07. The normalized spacial score (nSPS) is 10.6. The molecule has 0 saturated carbocycles. The van der Waals surface area contributed by atoms with E-state index in [1.807, 2.05) is 25.1 Å². The fourth-order valence-corrected chi connectivity index (χ4v) is 1.43. The number of benzene rings is 1. The van der Waals surface area contributed by atoms with E-state index in [0.29, 0.717) is 32.0 Å². The molecule has 4 heteroatoms. The van der Waals surface area contributed by atoms with Crippen molar-refractivity contribution in [2.45, 2.75) is 6.92 Å². The van der Waals surface area contributed by atoms with Crippen LogP contribution in [0.2, 0.25) is 0 Å². The second-order valence-corrected chi connectivity index (χ2v) is 3.95. The average Bonchev–Trinajstić information content (AvgIpc) is 2.37. The molecule has 0 N–H and O–H groups in total. The van der Waals surface area contributed by atoms with Crippen molar-refractivity contribution in [1.29, 1.82) is 0 Å². The van der Waals surface area contributed by atoms with E-state index in [-0.39, 0.29) is 12.4 Å². The van der Waals surface area contributed by atoms with Crippen molar-refractivity contribution >= 4 is 5.78 Å². The molecular formula is C14H20O4. The van der Waals surface area contributed by atoms with Gasteiger partial charge in [0.15, 0.2) is 5.78 Å². The van der Waals surface area contributed by atoms with Gasteiger partial charge in [-0.25, -0.2) is 0 Å². The highest BCUT2D eigenvalue weighted by molar-refractivity contribution is 5.97. The van der Waals surface area contributed by atoms with Crippen LogP contribution >= 0.6 is 0 Å². The van der Waals surface area contributed by atoms with E-state index in [9.17, 15) is 4.79 Å². The quantitative estimate of drug-likeness (QED) is 0.497. The predicted molar refractivity (Wildman–Crippen MR) is 69.0 cm³/mol. The van der Waals surface area contributed by atoms with Crippen molar-refractivity contribution in [2.75, 3.05) is 40.1 Å². The van der Waals surface area contributed by atoms with Crippen LogP contribution in [0.4, 0.5) is 0 Å². The Hall–Kier alpha value is -1.23. The Kier molecular flexibility index (Phi) is 7.25. The molecule has 100 valence electrons. The average molecular weight is 252 g/mol. The molecule has 18 heavy (non-hydrogen) atoms. The largest absolute Gasteiger partial charge is 0.382 e. The van der Waals surface area contributed by atoms with Crippen molar-refractivity contribution < 1.29 is 19.0 Å². The third-order valence-electron chi connectivity index (χ3n) is 2.38. The number of ether oxygens (including phenoxy) is 3. The number of ketones is 1. The molecule has 0 aliphatic rings. The summed E-state index contributed by atoms with van der Waals surface area (Å²) < 4.78 is 15.3. The van der Waals surface area contributed by atoms with Crippen LogP contribution in [-0.2, 0) is 14.2 Å². The van der Waals surface area contributed by atoms with E-state index in [2.05, 4.69) is 0 Å². The standard InChI is InChI=1S/C14H20O4/c1-12-4-3-5-13(10-12)14(15)11-18-9-8-17-7-6-16-2/h3-5,10H,6-9,11H2,1-2H3. The van der Waals surface area contributed by atoms with Crippen LogP contribution < -0.4 is 0 Å². The summed E-state index contributed by atoms with van der Waals surface area (Å²) in [5.74, 6) is -0.00408. The van der Waals surface area contributed by atoms with Crippen LogP contribution in [0.3, 0.4) is 0 Å². The maximum absolute atomic E-state index is 11.7. The summed E-state index contributed by atoms with van der Waals surface area (Å²) >= 11 is 0. The molecule has 0 bridgehead atoms. The lowest BCUT2D eigenvalue weighted by Gasteiger charge is -2.05. The third kappa shape index (κ3) is 5.91. The highest BCUT2D eigenvalue weighted by atomic mass is 16.5. The molecule has 1 rings (SSSR count). The van der Waals surface area contributed by atoms with Crippen LogP contribution in [0.1, 0.15) is 15.9 Å². The van der Waals surface area contributed by atoms with E-state index in [4.69, 9.17) is 14.2 Å². The van der Waals surface area contributed by atoms with Gasteiger partial charge < -0.3 is 14.2 Å². The minimum Gasteiger partial charge on any atom is -0.382 e. The molecule has 1 aromatic rings. The fraction of sp³-hybridized carbons (Fsp3) is 0.500. The van der Waals surface area contributed by atoms with Gasteiger partial charge in [0.1, 0.15) is 6.61 Å². The smallest absolute Gasteiger partial charge is 0.188 e. The van der Waals surface area contributed by atoms with Gasteiger partial charge in [0.25, 0.3) is 0 Å². The number of carbonyl (C=O) groups excluding carboxylic acids is 1. The Labute approximate surface area is 108 Å². The zero-order valence-electron chi connectivity index (χ0n) is 11.0. The zero-order valence-corrected chi connectivity index (χ0v) is 11.0. The maximum Gasteiger partial charge on any atom is 0.188 e. The molecule has 0 aliphatic heterocycles. The van der Waals surface area contributed by atoms with Gasteiger partial charge in [0, 0.05) is 12.7 Å². The summed E-state index contributed by atoms with van der Waals surface area (Å²) in [5.41, 5.74) is 1.76. The minimum absolute atomic E-state index is 0.00408. The van der Waals surface area contributed by atoms with Gasteiger partial charge in [-0.2, -0.15) is 0 Å². The SMILES string of the molecule is COCCOCCOCC(=O)c1cccc(C)c1. The molecule has 0 heterocycles. The molecule has 0 unspecified atom stereocenters. The van der Waals surface area contributed by atoms with Crippen LogP contribution in [0.15, 0.2) is 24.3 Å². The van der Waals surface area contributed by atoms with E-state index >= 15 is 0 Å². The predicted octanol–water partition coefficient (Wildman–Crippen LogP) is 1.86. The molecule has 0 aliphatic carbocycles. The highest BCUT2D eigenvalue weighted by Gasteiger charge is 2.05. The van der Waals surface area contributed by atoms with Gasteiger partial charge in [-0.3, -0.25) is 4.79 Å². The lowest BCUT2D eigenvalue weighted by Crippen LogP contribution is -2.13. The van der Waals surface area contributed by atoms with Gasteiger partial charge in [-0.1, -0.05) is 23.8 Å². The van der Waals surface area contributed by atoms with Gasteiger partial charge in [0.2, 0.25) is 0 Å². The molecule has 0 aromatic heterocycles. The summed E-state index contributed by atoms with van der Waals surface area (Å²) in [6.07, 6.45) is 0. The second kappa shape index (κ2) is 8.80. The van der Waals surface area contributed by atoms with Crippen LogP contribution in [0.25, 0.3) is 0 Å². The van der Waals surface area contributed by atoms with Crippen molar-refractivity contribution in [1.82, 2.24) is 0 Å². The summed E-state index contributed by atoms with van der Waals surface area (Å²) in [7, 11) is 1.63. The first-order valence-electron chi connectivity index (χ1n) is 5.98. The molecule has 4 nitrogen and oxygen atoms in total. The van der Waals surface area contributed by atoms with E-state index in [1.165, 1.54) is 0 Å². The molecule has 0 saturated heterocycles. The van der Waals surface area contributed by atoms with Crippen molar-refractivity contribution in [2.24, 2.45) is 0 Å². The fourth-order valence-electron chi connectivity index (χ4n) is 1.43. The third-order valence-corrected chi connectivity index (χ3v) is 2.38. The molecule has 1 aromatic carbocycles. The Bertz CT molecular complexity index is 363. The number of aryl methyl sites for hydroxylation is 1. The molecular weight excluding hydrogens is 232 g/mol. The van der Waals surface area contributed by atoms with E-state index in [0.717, 1.165) is 5.56 Å². The number of methoxy groups -OCH3 is 1. The molecule has 0 radical (unpaired) electrons. The van der Waals surface area contributed by atoms with Gasteiger partial charge in [0.05, 0.1) is 26.4 Å². The zero-order chi connectivity index (χ0) is 13.2. The highest BCUT2D eigenvalue weighted by Crippen LogP contribution is 2.04. The Balaban J connectivity index is 2.14. The Morgan fingerprint density at radius 2 is 1.83 bits per heavy atom. The van der Waals surface area contributed by atoms with Gasteiger partial charge in [-0.05, 0) is 13.0 Å². The Morgan fingerprint density at radius 1 is 1.11 bits per heavy atom. The van der Waals surface area contributed by atoms with E-state index in [1.54, 1.807) is 13.2 Å². The van der Waals surface area contributed by atoms with Crippen LogP contribution in [0.5, 0.6) is 0 Å². The summed E-state index contributed by atoms with van der Waals surface area (Å²) in [5, 5.41) is 0. The first kappa shape index (κ1) is 14.8. The van der Waals surface area contributed by atoms with Crippen LogP contribution in [-0.4, -0.2) is 45.9 Å². The van der Waals surface area contributed by atoms with Crippen molar-refractivity contribution in [3.05, 3.63) is 35.4 Å². The van der Waals surface area contributed by atoms with Gasteiger partial charge in [-0.15, -0.1) is 0 Å². The second-order valence-electron chi connectivity index (χ2n) is 3.95. The molecule has 0 fully saturated rings. The number of Topliss-reactive ketones (excluding diaryl/α,β-unsaturated/α-hetero) is 1. The molecule has 0 amide bonds. The van der Waals surface area contributed by atoms with Crippen molar-refractivity contribution in [3.8, 4) is 0 Å². The minimum atomic E-state index is -0.00408. The molecule has 0 spiro atoms. The first-order valence-corrected chi connectivity index (χ1v) is 5.98. The van der Waals surface area contributed by atoms with Crippen molar-refractivity contribution in [3.63, 3.8) is 0 Å². The monoisotopic (exact) mass is 252 g/mol. The number of carbonyl (C=O) groups is 1. The van der Waals surface area contributed by atoms with Gasteiger partial charge >= 0.3 is 0 Å². The lowest BCUT2D eigenvalue weighted by molar-refractivity contribution is 0.0253. The Morgan fingerprint density at radius 3 is 2.56 bits per heavy atom. The summed E-state index contributed by atoms with van der Waals surface area (Å²) in [6, 6.07) is 7.49. The summed E-state index contributed by atoms with van der Waals surface area (Å²) in [4.78, 5) is 11.7. The number of rotatable bonds is 9. The maximum atomic E-state index is 11.7. The topological polar surface area (TPSA) is 44.8 Å². The number of hydrogen-bond acceptors (Lipinski definition) is 4. The number of hydrogen-bond donors (Lipinski definition) is 0.